The van der Waals surface area contributed by atoms with Crippen molar-refractivity contribution in [3.8, 4) is 11.5 Å². The molecule has 4 aromatic carbocycles. The molecule has 152 valence electrons. The second kappa shape index (κ2) is 9.29. The molecule has 0 bridgehead atoms. The van der Waals surface area contributed by atoms with Crippen LogP contribution in [0, 0.1) is 0 Å². The number of benzene rings is 4. The summed E-state index contributed by atoms with van der Waals surface area (Å²) in [5, 5.41) is 7.08. The van der Waals surface area contributed by atoms with E-state index in [2.05, 4.69) is 29.6 Å². The van der Waals surface area contributed by atoms with Crippen LogP contribution < -0.4 is 14.8 Å². The summed E-state index contributed by atoms with van der Waals surface area (Å²) in [4.78, 5) is 0. The van der Waals surface area contributed by atoms with Gasteiger partial charge in [-0.25, -0.2) is 0 Å². The molecule has 30 heavy (non-hydrogen) atoms. The van der Waals surface area contributed by atoms with Crippen LogP contribution >= 0.6 is 23.2 Å². The van der Waals surface area contributed by atoms with Crippen molar-refractivity contribution in [1.82, 2.24) is 0 Å². The molecule has 0 aromatic heterocycles. The Labute approximate surface area is 186 Å². The van der Waals surface area contributed by atoms with Gasteiger partial charge in [-0.05, 0) is 46.8 Å². The first-order valence-electron chi connectivity index (χ1n) is 9.59. The lowest BCUT2D eigenvalue weighted by atomic mass is 10.1. The van der Waals surface area contributed by atoms with E-state index in [4.69, 9.17) is 32.7 Å². The maximum absolute atomic E-state index is 6.53. The maximum atomic E-state index is 6.53. The van der Waals surface area contributed by atoms with Gasteiger partial charge < -0.3 is 14.8 Å². The Morgan fingerprint density at radius 3 is 2.40 bits per heavy atom. The van der Waals surface area contributed by atoms with Crippen LogP contribution in [0.2, 0.25) is 10.0 Å². The molecule has 0 aliphatic rings. The molecule has 0 spiro atoms. The monoisotopic (exact) mass is 437 g/mol. The fourth-order valence-corrected chi connectivity index (χ4v) is 3.74. The third-order valence-electron chi connectivity index (χ3n) is 4.86. The summed E-state index contributed by atoms with van der Waals surface area (Å²) in [5.41, 5.74) is 3.08. The summed E-state index contributed by atoms with van der Waals surface area (Å²) in [5.74, 6) is 1.13. The summed E-state index contributed by atoms with van der Waals surface area (Å²) in [6, 6.07) is 25.9. The van der Waals surface area contributed by atoms with Crippen LogP contribution in [-0.2, 0) is 13.2 Å². The van der Waals surface area contributed by atoms with E-state index in [0.717, 1.165) is 16.8 Å². The Hall–Kier alpha value is -2.88. The molecule has 0 saturated heterocycles. The van der Waals surface area contributed by atoms with E-state index >= 15 is 0 Å². The van der Waals surface area contributed by atoms with Gasteiger partial charge in [-0.1, -0.05) is 71.7 Å². The van der Waals surface area contributed by atoms with E-state index in [1.54, 1.807) is 7.11 Å². The molecule has 4 rings (SSSR count). The van der Waals surface area contributed by atoms with Crippen LogP contribution in [-0.4, -0.2) is 7.11 Å². The van der Waals surface area contributed by atoms with Crippen LogP contribution in [0.3, 0.4) is 0 Å². The molecule has 0 saturated carbocycles. The van der Waals surface area contributed by atoms with Crippen LogP contribution in [0.5, 0.6) is 11.5 Å². The number of rotatable bonds is 7. The number of halogens is 2. The first-order valence-corrected chi connectivity index (χ1v) is 10.3. The predicted octanol–water partition coefficient (Wildman–Crippen LogP) is 7.35. The van der Waals surface area contributed by atoms with Crippen molar-refractivity contribution in [2.24, 2.45) is 0 Å². The molecule has 0 amide bonds. The minimum atomic E-state index is 0.376. The average molecular weight is 438 g/mol. The molecular formula is C25H21Cl2NO2. The highest BCUT2D eigenvalue weighted by molar-refractivity contribution is 6.32. The van der Waals surface area contributed by atoms with Gasteiger partial charge >= 0.3 is 0 Å². The average Bonchev–Trinajstić information content (AvgIpc) is 2.77. The Balaban J connectivity index is 1.50. The predicted molar refractivity (Wildman–Crippen MR) is 125 cm³/mol. The lowest BCUT2D eigenvalue weighted by Crippen LogP contribution is -2.03. The van der Waals surface area contributed by atoms with Crippen LogP contribution in [0.4, 0.5) is 5.69 Å². The highest BCUT2D eigenvalue weighted by atomic mass is 35.5. The van der Waals surface area contributed by atoms with Crippen LogP contribution in [0.1, 0.15) is 11.1 Å². The number of hydrogen-bond donors (Lipinski definition) is 1. The third-order valence-corrected chi connectivity index (χ3v) is 5.39. The quantitative estimate of drug-likeness (QED) is 0.327. The molecular weight excluding hydrogens is 417 g/mol. The summed E-state index contributed by atoms with van der Waals surface area (Å²) >= 11 is 12.5. The highest BCUT2D eigenvalue weighted by Gasteiger charge is 2.13. The van der Waals surface area contributed by atoms with Gasteiger partial charge in [0.15, 0.2) is 11.5 Å². The van der Waals surface area contributed by atoms with E-state index in [0.29, 0.717) is 34.7 Å². The molecule has 3 nitrogen and oxygen atoms in total. The third kappa shape index (κ3) is 4.64. The Bertz CT molecular complexity index is 1150. The van der Waals surface area contributed by atoms with Gasteiger partial charge in [0, 0.05) is 22.6 Å². The van der Waals surface area contributed by atoms with Crippen molar-refractivity contribution in [2.75, 3.05) is 12.4 Å². The largest absolute Gasteiger partial charge is 0.493 e. The van der Waals surface area contributed by atoms with E-state index in [9.17, 15) is 0 Å². The first kappa shape index (κ1) is 20.4. The zero-order valence-corrected chi connectivity index (χ0v) is 18.0. The van der Waals surface area contributed by atoms with Gasteiger partial charge in [-0.3, -0.25) is 0 Å². The van der Waals surface area contributed by atoms with E-state index in [1.807, 2.05) is 54.6 Å². The standard InChI is InChI=1S/C25H21Cl2NO2/c1-29-24-14-18(15-28-23-8-4-6-19-5-2-3-7-21(19)23)13-22(27)25(24)30-16-17-9-11-20(26)12-10-17/h2-14,28H,15-16H2,1H3. The van der Waals surface area contributed by atoms with Crippen LogP contribution in [0.25, 0.3) is 10.8 Å². The van der Waals surface area contributed by atoms with Gasteiger partial charge in [0.25, 0.3) is 0 Å². The lowest BCUT2D eigenvalue weighted by Gasteiger charge is -2.15. The SMILES string of the molecule is COc1cc(CNc2cccc3ccccc23)cc(Cl)c1OCc1ccc(Cl)cc1. The number of hydrogen-bond acceptors (Lipinski definition) is 3. The fourth-order valence-electron chi connectivity index (χ4n) is 3.33. The van der Waals surface area contributed by atoms with Crippen LogP contribution in [0.15, 0.2) is 78.9 Å². The van der Waals surface area contributed by atoms with Crippen molar-refractivity contribution in [1.29, 1.82) is 0 Å². The molecule has 0 heterocycles. The van der Waals surface area contributed by atoms with Gasteiger partial charge in [-0.15, -0.1) is 0 Å². The lowest BCUT2D eigenvalue weighted by molar-refractivity contribution is 0.284. The summed E-state index contributed by atoms with van der Waals surface area (Å²) in [6.07, 6.45) is 0. The number of anilines is 1. The van der Waals surface area contributed by atoms with Crippen molar-refractivity contribution in [2.45, 2.75) is 13.2 Å². The second-order valence-corrected chi connectivity index (χ2v) is 7.75. The van der Waals surface area contributed by atoms with Gasteiger partial charge in [0.05, 0.1) is 12.1 Å². The van der Waals surface area contributed by atoms with Crippen molar-refractivity contribution >= 4 is 39.7 Å². The number of methoxy groups -OCH3 is 1. The Morgan fingerprint density at radius 1 is 0.833 bits per heavy atom. The molecule has 0 fully saturated rings. The second-order valence-electron chi connectivity index (χ2n) is 6.90. The summed E-state index contributed by atoms with van der Waals surface area (Å²) in [6.45, 7) is 0.988. The topological polar surface area (TPSA) is 30.5 Å². The summed E-state index contributed by atoms with van der Waals surface area (Å²) in [7, 11) is 1.61. The van der Waals surface area contributed by atoms with Crippen molar-refractivity contribution in [3.63, 3.8) is 0 Å². The van der Waals surface area contributed by atoms with Gasteiger partial charge in [-0.2, -0.15) is 0 Å². The molecule has 5 heteroatoms. The minimum Gasteiger partial charge on any atom is -0.493 e. The fraction of sp³-hybridized carbons (Fsp3) is 0.120. The zero-order valence-electron chi connectivity index (χ0n) is 16.5. The van der Waals surface area contributed by atoms with Gasteiger partial charge in [0.2, 0.25) is 0 Å². The molecule has 1 N–H and O–H groups in total. The number of fused-ring (bicyclic) bond motifs is 1. The normalized spacial score (nSPS) is 10.8. The Morgan fingerprint density at radius 2 is 1.60 bits per heavy atom. The number of ether oxygens (including phenoxy) is 2. The molecule has 4 aromatic rings. The van der Waals surface area contributed by atoms with E-state index in [1.165, 1.54) is 10.8 Å². The molecule has 0 unspecified atom stereocenters. The zero-order chi connectivity index (χ0) is 20.9. The number of nitrogens with one attached hydrogen (secondary N) is 1. The van der Waals surface area contributed by atoms with Crippen molar-refractivity contribution in [3.05, 3.63) is 100 Å². The molecule has 0 radical (unpaired) electrons. The maximum Gasteiger partial charge on any atom is 0.180 e. The molecule has 0 aliphatic heterocycles. The molecule has 0 aliphatic carbocycles. The Kier molecular flexibility index (Phi) is 6.32. The van der Waals surface area contributed by atoms with E-state index < -0.39 is 0 Å². The van der Waals surface area contributed by atoms with Crippen molar-refractivity contribution < 1.29 is 9.47 Å². The first-order chi connectivity index (χ1) is 14.6. The van der Waals surface area contributed by atoms with E-state index in [-0.39, 0.29) is 0 Å². The minimum absolute atomic E-state index is 0.376. The smallest absolute Gasteiger partial charge is 0.180 e. The molecule has 0 atom stereocenters. The van der Waals surface area contributed by atoms with Gasteiger partial charge in [0.1, 0.15) is 6.61 Å². The highest BCUT2D eigenvalue weighted by Crippen LogP contribution is 2.37. The summed E-state index contributed by atoms with van der Waals surface area (Å²) < 4.78 is 11.5.